The molecule has 3 heterocycles. The molecule has 1 fully saturated rings. The number of nitrogens with one attached hydrogen (secondary N) is 2. The van der Waals surface area contributed by atoms with E-state index in [4.69, 9.17) is 0 Å². The van der Waals surface area contributed by atoms with Gasteiger partial charge in [0.2, 0.25) is 0 Å². The first-order valence-corrected chi connectivity index (χ1v) is 9.08. The number of benzene rings is 1. The van der Waals surface area contributed by atoms with Gasteiger partial charge in [-0.05, 0) is 25.8 Å². The summed E-state index contributed by atoms with van der Waals surface area (Å²) < 4.78 is 0. The molecule has 7 nitrogen and oxygen atoms in total. The Morgan fingerprint density at radius 3 is 2.93 bits per heavy atom. The summed E-state index contributed by atoms with van der Waals surface area (Å²) >= 11 is 0. The molecule has 4 rings (SSSR count). The largest absolute Gasteiger partial charge is 0.345 e. The zero-order valence-corrected chi connectivity index (χ0v) is 15.1. The SMILES string of the molecule is Cc1nc([C@H]2CCCN(C(=O)c3ccccc3-c3ncc[nH]3)C2)cc(=O)[nH]1. The van der Waals surface area contributed by atoms with E-state index in [1.165, 1.54) is 0 Å². The van der Waals surface area contributed by atoms with Gasteiger partial charge < -0.3 is 14.9 Å². The molecule has 1 atom stereocenters. The lowest BCUT2D eigenvalue weighted by Crippen LogP contribution is -2.39. The molecule has 2 N–H and O–H groups in total. The predicted molar refractivity (Wildman–Crippen MR) is 101 cm³/mol. The van der Waals surface area contributed by atoms with E-state index in [-0.39, 0.29) is 17.4 Å². The number of H-pyrrole nitrogens is 2. The average molecular weight is 363 g/mol. The summed E-state index contributed by atoms with van der Waals surface area (Å²) in [6, 6.07) is 9.04. The van der Waals surface area contributed by atoms with Gasteiger partial charge in [0.05, 0.1) is 11.3 Å². The number of aromatic amines is 2. The lowest BCUT2D eigenvalue weighted by molar-refractivity contribution is 0.0706. The average Bonchev–Trinajstić information content (AvgIpc) is 3.21. The summed E-state index contributed by atoms with van der Waals surface area (Å²) in [6.07, 6.45) is 5.22. The van der Waals surface area contributed by atoms with E-state index in [0.717, 1.165) is 24.1 Å². The molecular weight excluding hydrogens is 342 g/mol. The standard InChI is InChI=1S/C20H21N5O2/c1-13-23-17(11-18(26)24-13)14-5-4-10-25(12-14)20(27)16-7-3-2-6-15(16)19-21-8-9-22-19/h2-3,6-9,11,14H,4-5,10,12H2,1H3,(H,21,22)(H,23,24,26)/t14-/m0/s1. The van der Waals surface area contributed by atoms with Crippen LogP contribution in [0.25, 0.3) is 11.4 Å². The first-order valence-electron chi connectivity index (χ1n) is 9.08. The number of aryl methyl sites for hydroxylation is 1. The van der Waals surface area contributed by atoms with Gasteiger partial charge in [-0.25, -0.2) is 9.97 Å². The molecule has 0 spiro atoms. The Bertz CT molecular complexity index is 1010. The van der Waals surface area contributed by atoms with Crippen molar-refractivity contribution in [3.63, 3.8) is 0 Å². The smallest absolute Gasteiger partial charge is 0.254 e. The van der Waals surface area contributed by atoms with Crippen LogP contribution in [0.5, 0.6) is 0 Å². The van der Waals surface area contributed by atoms with E-state index in [2.05, 4.69) is 19.9 Å². The van der Waals surface area contributed by atoms with Crippen LogP contribution in [-0.2, 0) is 0 Å². The van der Waals surface area contributed by atoms with Gasteiger partial charge in [0.25, 0.3) is 11.5 Å². The van der Waals surface area contributed by atoms with Crippen molar-refractivity contribution in [3.8, 4) is 11.4 Å². The second kappa shape index (κ2) is 7.19. The summed E-state index contributed by atoms with van der Waals surface area (Å²) in [6.45, 7) is 3.03. The van der Waals surface area contributed by atoms with E-state index in [1.807, 2.05) is 29.2 Å². The second-order valence-electron chi connectivity index (χ2n) is 6.83. The van der Waals surface area contributed by atoms with Crippen molar-refractivity contribution in [2.45, 2.75) is 25.7 Å². The summed E-state index contributed by atoms with van der Waals surface area (Å²) in [7, 11) is 0. The molecule has 3 aromatic rings. The van der Waals surface area contributed by atoms with Crippen molar-refractivity contribution >= 4 is 5.91 Å². The molecule has 1 saturated heterocycles. The Morgan fingerprint density at radius 1 is 1.30 bits per heavy atom. The number of imidazole rings is 1. The molecule has 27 heavy (non-hydrogen) atoms. The lowest BCUT2D eigenvalue weighted by atomic mass is 9.93. The van der Waals surface area contributed by atoms with Crippen LogP contribution in [0.4, 0.5) is 0 Å². The molecule has 1 aliphatic heterocycles. The van der Waals surface area contributed by atoms with E-state index in [1.54, 1.807) is 25.4 Å². The first-order chi connectivity index (χ1) is 13.1. The molecule has 0 radical (unpaired) electrons. The maximum atomic E-state index is 13.2. The summed E-state index contributed by atoms with van der Waals surface area (Å²) in [5, 5.41) is 0. The fourth-order valence-electron chi connectivity index (χ4n) is 3.67. The molecule has 0 unspecified atom stereocenters. The lowest BCUT2D eigenvalue weighted by Gasteiger charge is -2.33. The van der Waals surface area contributed by atoms with Crippen LogP contribution in [0.1, 0.15) is 40.6 Å². The minimum absolute atomic E-state index is 0.0201. The van der Waals surface area contributed by atoms with Crippen LogP contribution in [0.2, 0.25) is 0 Å². The molecular formula is C20H21N5O2. The molecule has 138 valence electrons. The third-order valence-electron chi connectivity index (χ3n) is 4.92. The molecule has 0 saturated carbocycles. The van der Waals surface area contributed by atoms with E-state index >= 15 is 0 Å². The number of amides is 1. The van der Waals surface area contributed by atoms with Crippen LogP contribution in [0.15, 0.2) is 47.5 Å². The van der Waals surface area contributed by atoms with Crippen LogP contribution in [0, 0.1) is 6.92 Å². The number of aromatic nitrogens is 4. The highest BCUT2D eigenvalue weighted by Gasteiger charge is 2.28. The molecule has 0 aliphatic carbocycles. The molecule has 0 bridgehead atoms. The summed E-state index contributed by atoms with van der Waals surface area (Å²) in [4.78, 5) is 41.4. The fraction of sp³-hybridized carbons (Fsp3) is 0.300. The minimum Gasteiger partial charge on any atom is -0.345 e. The van der Waals surface area contributed by atoms with Crippen LogP contribution in [-0.4, -0.2) is 43.8 Å². The van der Waals surface area contributed by atoms with E-state index in [9.17, 15) is 9.59 Å². The van der Waals surface area contributed by atoms with E-state index < -0.39 is 0 Å². The first kappa shape index (κ1) is 17.2. The van der Waals surface area contributed by atoms with Gasteiger partial charge in [0.1, 0.15) is 11.6 Å². The highest BCUT2D eigenvalue weighted by Crippen LogP contribution is 2.28. The Morgan fingerprint density at radius 2 is 2.15 bits per heavy atom. The highest BCUT2D eigenvalue weighted by atomic mass is 16.2. The third kappa shape index (κ3) is 3.53. The summed E-state index contributed by atoms with van der Waals surface area (Å²) in [5.41, 5.74) is 2.03. The number of rotatable bonds is 3. The maximum Gasteiger partial charge on any atom is 0.254 e. The Hall–Kier alpha value is -3.22. The zero-order valence-electron chi connectivity index (χ0n) is 15.1. The number of hydrogen-bond donors (Lipinski definition) is 2. The van der Waals surface area contributed by atoms with Gasteiger partial charge in [0, 0.05) is 43.0 Å². The van der Waals surface area contributed by atoms with Crippen molar-refractivity contribution in [3.05, 3.63) is 70.2 Å². The van der Waals surface area contributed by atoms with Gasteiger partial charge in [-0.1, -0.05) is 18.2 Å². The Balaban J connectivity index is 1.61. The van der Waals surface area contributed by atoms with Crippen molar-refractivity contribution in [2.24, 2.45) is 0 Å². The highest BCUT2D eigenvalue weighted by molar-refractivity contribution is 6.00. The molecule has 7 heteroatoms. The monoisotopic (exact) mass is 363 g/mol. The summed E-state index contributed by atoms with van der Waals surface area (Å²) in [5.74, 6) is 1.33. The van der Waals surface area contributed by atoms with Crippen LogP contribution >= 0.6 is 0 Å². The zero-order chi connectivity index (χ0) is 18.8. The molecule has 1 aliphatic rings. The van der Waals surface area contributed by atoms with Gasteiger partial charge in [-0.15, -0.1) is 0 Å². The maximum absolute atomic E-state index is 13.2. The molecule has 2 aromatic heterocycles. The van der Waals surface area contributed by atoms with Gasteiger partial charge in [-0.2, -0.15) is 0 Å². The fourth-order valence-corrected chi connectivity index (χ4v) is 3.67. The van der Waals surface area contributed by atoms with E-state index in [0.29, 0.717) is 30.3 Å². The van der Waals surface area contributed by atoms with Crippen molar-refractivity contribution in [1.82, 2.24) is 24.8 Å². The second-order valence-corrected chi connectivity index (χ2v) is 6.83. The number of nitrogens with zero attached hydrogens (tertiary/aromatic N) is 3. The van der Waals surface area contributed by atoms with Gasteiger partial charge in [0.15, 0.2) is 0 Å². The number of carbonyl (C=O) groups is 1. The quantitative estimate of drug-likeness (QED) is 0.747. The number of likely N-dealkylation sites (tertiary alicyclic amines) is 1. The van der Waals surface area contributed by atoms with Gasteiger partial charge >= 0.3 is 0 Å². The Labute approximate surface area is 156 Å². The predicted octanol–water partition coefficient (Wildman–Crippen LogP) is 2.49. The number of hydrogen-bond acceptors (Lipinski definition) is 4. The minimum atomic E-state index is -0.149. The molecule has 1 aromatic carbocycles. The third-order valence-corrected chi connectivity index (χ3v) is 4.92. The Kier molecular flexibility index (Phi) is 4.58. The number of piperidine rings is 1. The number of carbonyl (C=O) groups excluding carboxylic acids is 1. The van der Waals surface area contributed by atoms with Crippen molar-refractivity contribution in [2.75, 3.05) is 13.1 Å². The van der Waals surface area contributed by atoms with Crippen LogP contribution < -0.4 is 5.56 Å². The van der Waals surface area contributed by atoms with Gasteiger partial charge in [-0.3, -0.25) is 9.59 Å². The normalized spacial score (nSPS) is 17.1. The van der Waals surface area contributed by atoms with Crippen LogP contribution in [0.3, 0.4) is 0 Å². The van der Waals surface area contributed by atoms with Crippen molar-refractivity contribution in [1.29, 1.82) is 0 Å². The van der Waals surface area contributed by atoms with Crippen molar-refractivity contribution < 1.29 is 4.79 Å². The topological polar surface area (TPSA) is 94.7 Å². The molecule has 1 amide bonds.